The van der Waals surface area contributed by atoms with Crippen LogP contribution >= 0.6 is 11.6 Å². The van der Waals surface area contributed by atoms with Crippen molar-refractivity contribution in [2.75, 3.05) is 38.5 Å². The van der Waals surface area contributed by atoms with Crippen molar-refractivity contribution in [2.45, 2.75) is 38.6 Å². The third-order valence-corrected chi connectivity index (χ3v) is 5.75. The third kappa shape index (κ3) is 7.01. The number of aryl methyl sites for hydroxylation is 1. The fourth-order valence-corrected chi connectivity index (χ4v) is 4.05. The smallest absolute Gasteiger partial charge is 0.226 e. The number of nitrogens with one attached hydrogen (secondary N) is 3. The minimum Gasteiger partial charge on any atom is -0.468 e. The molecule has 0 radical (unpaired) electrons. The summed E-state index contributed by atoms with van der Waals surface area (Å²) >= 11 is 6.19. The lowest BCUT2D eigenvalue weighted by atomic mass is 10.1. The van der Waals surface area contributed by atoms with Crippen LogP contribution in [0, 0.1) is 6.92 Å². The van der Waals surface area contributed by atoms with Gasteiger partial charge in [-0.25, -0.2) is 0 Å². The van der Waals surface area contributed by atoms with Gasteiger partial charge < -0.3 is 20.4 Å². The van der Waals surface area contributed by atoms with Crippen LogP contribution in [-0.2, 0) is 4.79 Å². The number of furan rings is 1. The average molecular weight is 446 g/mol. The molecule has 1 amide bonds. The second kappa shape index (κ2) is 11.8. The van der Waals surface area contributed by atoms with E-state index < -0.39 is 0 Å². The van der Waals surface area contributed by atoms with E-state index in [0.29, 0.717) is 36.2 Å². The normalized spacial score (nSPS) is 16.0. The van der Waals surface area contributed by atoms with Gasteiger partial charge in [-0.05, 0) is 62.7 Å². The molecule has 3 N–H and O–H groups in total. The quantitative estimate of drug-likeness (QED) is 0.423. The molecule has 31 heavy (non-hydrogen) atoms. The van der Waals surface area contributed by atoms with E-state index in [9.17, 15) is 4.79 Å². The lowest BCUT2D eigenvalue weighted by Crippen LogP contribution is -2.44. The van der Waals surface area contributed by atoms with Crippen LogP contribution in [0.3, 0.4) is 0 Å². The molecule has 1 aromatic heterocycles. The highest BCUT2D eigenvalue weighted by Gasteiger charge is 2.24. The predicted octanol–water partition coefficient (Wildman–Crippen LogP) is 3.96. The monoisotopic (exact) mass is 445 g/mol. The molecule has 1 atom stereocenters. The Kier molecular flexibility index (Phi) is 8.79. The van der Waals surface area contributed by atoms with Crippen molar-refractivity contribution in [1.82, 2.24) is 15.5 Å². The summed E-state index contributed by atoms with van der Waals surface area (Å²) in [6, 6.07) is 9.68. The van der Waals surface area contributed by atoms with E-state index in [1.54, 1.807) is 13.3 Å². The van der Waals surface area contributed by atoms with Gasteiger partial charge in [-0.2, -0.15) is 0 Å². The fourth-order valence-electron chi connectivity index (χ4n) is 3.76. The minimum absolute atomic E-state index is 0.101. The number of carbonyl (C=O) groups excluding carboxylic acids is 1. The summed E-state index contributed by atoms with van der Waals surface area (Å²) in [6.07, 6.45) is 5.74. The van der Waals surface area contributed by atoms with Crippen molar-refractivity contribution in [2.24, 2.45) is 4.99 Å². The first kappa shape index (κ1) is 23.2. The Hall–Kier alpha value is -2.51. The molecule has 0 bridgehead atoms. The van der Waals surface area contributed by atoms with E-state index in [0.717, 1.165) is 24.4 Å². The van der Waals surface area contributed by atoms with Gasteiger partial charge in [-0.1, -0.05) is 24.1 Å². The highest BCUT2D eigenvalue weighted by Crippen LogP contribution is 2.24. The van der Waals surface area contributed by atoms with Crippen LogP contribution in [0.5, 0.6) is 0 Å². The first-order chi connectivity index (χ1) is 15.1. The molecular weight excluding hydrogens is 414 g/mol. The number of piperidine rings is 1. The van der Waals surface area contributed by atoms with Crippen molar-refractivity contribution >= 4 is 29.2 Å². The minimum atomic E-state index is -0.101. The molecule has 168 valence electrons. The van der Waals surface area contributed by atoms with E-state index >= 15 is 0 Å². The van der Waals surface area contributed by atoms with E-state index in [4.69, 9.17) is 16.0 Å². The molecule has 0 aliphatic carbocycles. The standard InChI is InChI=1S/C23H32ClN5O2/c1-17-8-9-19(18(24)15-17)28-22(30)10-11-26-23(25-2)27-16-20(21-7-6-14-31-21)29-12-4-3-5-13-29/h6-9,14-15,20H,3-5,10-13,16H2,1-2H3,(H,28,30)(H2,25,26,27). The molecule has 1 fully saturated rings. The number of nitrogens with zero attached hydrogens (tertiary/aromatic N) is 2. The lowest BCUT2D eigenvalue weighted by Gasteiger charge is -2.33. The number of amides is 1. The van der Waals surface area contributed by atoms with Crippen LogP contribution in [-0.4, -0.2) is 50.0 Å². The van der Waals surface area contributed by atoms with Gasteiger partial charge in [0.05, 0.1) is 23.0 Å². The van der Waals surface area contributed by atoms with E-state index in [2.05, 4.69) is 25.8 Å². The number of hydrogen-bond acceptors (Lipinski definition) is 4. The molecule has 2 aromatic rings. The molecular formula is C23H32ClN5O2. The molecule has 1 unspecified atom stereocenters. The topological polar surface area (TPSA) is 81.9 Å². The number of anilines is 1. The Morgan fingerprint density at radius 1 is 1.23 bits per heavy atom. The summed E-state index contributed by atoms with van der Waals surface area (Å²) in [4.78, 5) is 19.0. The van der Waals surface area contributed by atoms with Crippen molar-refractivity contribution in [3.05, 3.63) is 52.9 Å². The maximum Gasteiger partial charge on any atom is 0.226 e. The fraction of sp³-hybridized carbons (Fsp3) is 0.478. The van der Waals surface area contributed by atoms with Gasteiger partial charge in [0.2, 0.25) is 5.91 Å². The lowest BCUT2D eigenvalue weighted by molar-refractivity contribution is -0.116. The van der Waals surface area contributed by atoms with Crippen LogP contribution in [0.25, 0.3) is 0 Å². The zero-order chi connectivity index (χ0) is 22.1. The molecule has 2 heterocycles. The Labute approximate surface area is 189 Å². The van der Waals surface area contributed by atoms with Gasteiger partial charge in [-0.15, -0.1) is 0 Å². The summed E-state index contributed by atoms with van der Waals surface area (Å²) in [5.74, 6) is 1.52. The number of carbonyl (C=O) groups is 1. The van der Waals surface area contributed by atoms with Crippen molar-refractivity contribution in [1.29, 1.82) is 0 Å². The second-order valence-corrected chi connectivity index (χ2v) is 8.20. The zero-order valence-corrected chi connectivity index (χ0v) is 19.0. The number of rotatable bonds is 8. The maximum absolute atomic E-state index is 12.3. The molecule has 1 aromatic carbocycles. The van der Waals surface area contributed by atoms with Crippen LogP contribution in [0.1, 0.15) is 43.0 Å². The van der Waals surface area contributed by atoms with Gasteiger partial charge in [0.1, 0.15) is 5.76 Å². The van der Waals surface area contributed by atoms with Gasteiger partial charge in [0.25, 0.3) is 0 Å². The number of aliphatic imine (C=N–C) groups is 1. The molecule has 7 nitrogen and oxygen atoms in total. The van der Waals surface area contributed by atoms with Crippen molar-refractivity contribution < 1.29 is 9.21 Å². The van der Waals surface area contributed by atoms with Crippen LogP contribution in [0.4, 0.5) is 5.69 Å². The Morgan fingerprint density at radius 3 is 2.71 bits per heavy atom. The zero-order valence-electron chi connectivity index (χ0n) is 18.3. The Balaban J connectivity index is 1.46. The first-order valence-corrected chi connectivity index (χ1v) is 11.2. The van der Waals surface area contributed by atoms with Crippen LogP contribution in [0.2, 0.25) is 5.02 Å². The first-order valence-electron chi connectivity index (χ1n) is 10.8. The van der Waals surface area contributed by atoms with Crippen LogP contribution in [0.15, 0.2) is 46.0 Å². The molecule has 0 spiro atoms. The number of benzene rings is 1. The van der Waals surface area contributed by atoms with E-state index in [1.165, 1.54) is 19.3 Å². The number of hydrogen-bond donors (Lipinski definition) is 3. The highest BCUT2D eigenvalue weighted by molar-refractivity contribution is 6.33. The number of guanidine groups is 1. The number of halogens is 1. The molecule has 0 saturated carbocycles. The van der Waals surface area contributed by atoms with Gasteiger partial charge in [0, 0.05) is 26.6 Å². The van der Waals surface area contributed by atoms with Gasteiger partial charge in [-0.3, -0.25) is 14.7 Å². The van der Waals surface area contributed by atoms with Crippen LogP contribution < -0.4 is 16.0 Å². The summed E-state index contributed by atoms with van der Waals surface area (Å²) in [7, 11) is 1.73. The summed E-state index contributed by atoms with van der Waals surface area (Å²) < 4.78 is 5.70. The Bertz CT molecular complexity index is 863. The summed E-state index contributed by atoms with van der Waals surface area (Å²) in [5, 5.41) is 9.98. The Morgan fingerprint density at radius 2 is 2.03 bits per heavy atom. The molecule has 1 aliphatic heterocycles. The number of likely N-dealkylation sites (tertiary alicyclic amines) is 1. The molecule has 1 aliphatic rings. The summed E-state index contributed by atoms with van der Waals surface area (Å²) in [5.41, 5.74) is 1.68. The third-order valence-electron chi connectivity index (χ3n) is 5.43. The predicted molar refractivity (Wildman–Crippen MR) is 126 cm³/mol. The largest absolute Gasteiger partial charge is 0.468 e. The second-order valence-electron chi connectivity index (χ2n) is 7.79. The molecule has 8 heteroatoms. The maximum atomic E-state index is 12.3. The highest BCUT2D eigenvalue weighted by atomic mass is 35.5. The van der Waals surface area contributed by atoms with Crippen molar-refractivity contribution in [3.8, 4) is 0 Å². The van der Waals surface area contributed by atoms with E-state index in [1.807, 2.05) is 37.3 Å². The van der Waals surface area contributed by atoms with E-state index in [-0.39, 0.29) is 11.9 Å². The average Bonchev–Trinajstić information content (AvgIpc) is 3.30. The molecule has 3 rings (SSSR count). The molecule has 1 saturated heterocycles. The summed E-state index contributed by atoms with van der Waals surface area (Å²) in [6.45, 7) is 5.24. The van der Waals surface area contributed by atoms with Gasteiger partial charge in [0.15, 0.2) is 5.96 Å². The SMILES string of the molecule is CN=C(NCCC(=O)Nc1ccc(C)cc1Cl)NCC(c1ccco1)N1CCCCC1. The van der Waals surface area contributed by atoms with Gasteiger partial charge >= 0.3 is 0 Å². The van der Waals surface area contributed by atoms with Crippen molar-refractivity contribution in [3.63, 3.8) is 0 Å².